The molecule has 0 saturated heterocycles. The van der Waals surface area contributed by atoms with Crippen LogP contribution in [0.5, 0.6) is 0 Å². The highest BCUT2D eigenvalue weighted by atomic mass is 16.5. The van der Waals surface area contributed by atoms with Gasteiger partial charge in [-0.2, -0.15) is 0 Å². The molecular formula is C20H20N2O4. The first-order chi connectivity index (χ1) is 12.5. The van der Waals surface area contributed by atoms with Crippen LogP contribution in [0.2, 0.25) is 0 Å². The van der Waals surface area contributed by atoms with E-state index in [0.717, 1.165) is 5.56 Å². The number of imide groups is 1. The number of hydrogen-bond donors (Lipinski definition) is 1. The maximum Gasteiger partial charge on any atom is 0.407 e. The summed E-state index contributed by atoms with van der Waals surface area (Å²) < 4.78 is 5.19. The minimum Gasteiger partial charge on any atom is -0.445 e. The average molecular weight is 352 g/mol. The van der Waals surface area contributed by atoms with Gasteiger partial charge in [-0.1, -0.05) is 42.5 Å². The first kappa shape index (κ1) is 17.7. The molecule has 1 aliphatic heterocycles. The van der Waals surface area contributed by atoms with Gasteiger partial charge in [0.2, 0.25) is 0 Å². The van der Waals surface area contributed by atoms with Crippen LogP contribution in [-0.4, -0.2) is 34.9 Å². The predicted octanol–water partition coefficient (Wildman–Crippen LogP) is 2.99. The van der Waals surface area contributed by atoms with Gasteiger partial charge in [-0.3, -0.25) is 14.5 Å². The summed E-state index contributed by atoms with van der Waals surface area (Å²) in [6.07, 6.45) is -0.593. The van der Waals surface area contributed by atoms with Gasteiger partial charge in [0.05, 0.1) is 23.2 Å². The summed E-state index contributed by atoms with van der Waals surface area (Å²) in [5.41, 5.74) is 1.66. The number of rotatable bonds is 5. The Balaban J connectivity index is 1.60. The Morgan fingerprint density at radius 2 is 1.50 bits per heavy atom. The summed E-state index contributed by atoms with van der Waals surface area (Å²) in [4.78, 5) is 38.2. The van der Waals surface area contributed by atoms with E-state index in [9.17, 15) is 14.4 Å². The van der Waals surface area contributed by atoms with E-state index in [1.54, 1.807) is 38.1 Å². The number of ether oxygens (including phenoxy) is 1. The zero-order valence-corrected chi connectivity index (χ0v) is 14.6. The van der Waals surface area contributed by atoms with Crippen LogP contribution in [0.15, 0.2) is 54.6 Å². The second-order valence-electron chi connectivity index (χ2n) is 6.26. The molecule has 1 aliphatic rings. The third-order valence-corrected chi connectivity index (χ3v) is 4.51. The zero-order valence-electron chi connectivity index (χ0n) is 14.6. The molecule has 2 aromatic rings. The summed E-state index contributed by atoms with van der Waals surface area (Å²) in [6, 6.07) is 15.1. The minimum atomic E-state index is -0.593. The average Bonchev–Trinajstić information content (AvgIpc) is 2.91. The van der Waals surface area contributed by atoms with E-state index in [2.05, 4.69) is 5.32 Å². The second-order valence-corrected chi connectivity index (χ2v) is 6.26. The highest BCUT2D eigenvalue weighted by molar-refractivity contribution is 6.21. The fraction of sp³-hybridized carbons (Fsp3) is 0.250. The molecule has 0 fully saturated rings. The monoisotopic (exact) mass is 352 g/mol. The van der Waals surface area contributed by atoms with Crippen LogP contribution in [0, 0.1) is 0 Å². The Bertz CT molecular complexity index is 800. The van der Waals surface area contributed by atoms with Crippen molar-refractivity contribution in [3.05, 3.63) is 71.3 Å². The minimum absolute atomic E-state index is 0.154. The third kappa shape index (κ3) is 3.44. The molecule has 0 spiro atoms. The summed E-state index contributed by atoms with van der Waals surface area (Å²) >= 11 is 0. The van der Waals surface area contributed by atoms with E-state index in [1.165, 1.54) is 4.90 Å². The lowest BCUT2D eigenvalue weighted by molar-refractivity contribution is 0.0560. The molecule has 0 radical (unpaired) electrons. The van der Waals surface area contributed by atoms with Crippen LogP contribution in [0.3, 0.4) is 0 Å². The van der Waals surface area contributed by atoms with E-state index in [1.807, 2.05) is 30.3 Å². The van der Waals surface area contributed by atoms with E-state index in [-0.39, 0.29) is 18.4 Å². The van der Waals surface area contributed by atoms with Gasteiger partial charge in [0.25, 0.3) is 11.8 Å². The summed E-state index contributed by atoms with van der Waals surface area (Å²) in [7, 11) is 0. The fourth-order valence-electron chi connectivity index (χ4n) is 2.87. The van der Waals surface area contributed by atoms with Crippen molar-refractivity contribution in [2.45, 2.75) is 32.5 Å². The maximum atomic E-state index is 12.5. The highest BCUT2D eigenvalue weighted by Crippen LogP contribution is 2.25. The van der Waals surface area contributed by atoms with Gasteiger partial charge in [-0.05, 0) is 31.5 Å². The van der Waals surface area contributed by atoms with Crippen molar-refractivity contribution >= 4 is 17.9 Å². The molecule has 1 unspecified atom stereocenters. The predicted molar refractivity (Wildman–Crippen MR) is 95.6 cm³/mol. The molecule has 3 rings (SSSR count). The van der Waals surface area contributed by atoms with Crippen molar-refractivity contribution < 1.29 is 19.1 Å². The second kappa shape index (κ2) is 7.39. The smallest absolute Gasteiger partial charge is 0.407 e. The Morgan fingerprint density at radius 3 is 2.08 bits per heavy atom. The van der Waals surface area contributed by atoms with Gasteiger partial charge >= 0.3 is 6.09 Å². The quantitative estimate of drug-likeness (QED) is 0.840. The van der Waals surface area contributed by atoms with Crippen LogP contribution in [0.4, 0.5) is 4.79 Å². The SMILES string of the molecule is CC([C@@H](C)NC(=O)OCc1ccccc1)N1C(=O)c2ccccc2C1=O. The van der Waals surface area contributed by atoms with E-state index in [4.69, 9.17) is 4.74 Å². The van der Waals surface area contributed by atoms with Gasteiger partial charge in [0, 0.05) is 0 Å². The molecule has 3 amide bonds. The van der Waals surface area contributed by atoms with Gasteiger partial charge in [-0.15, -0.1) is 0 Å². The maximum absolute atomic E-state index is 12.5. The number of hydrogen-bond acceptors (Lipinski definition) is 4. The number of alkyl carbamates (subject to hydrolysis) is 1. The Morgan fingerprint density at radius 1 is 0.962 bits per heavy atom. The largest absolute Gasteiger partial charge is 0.445 e. The number of nitrogens with zero attached hydrogens (tertiary/aromatic N) is 1. The van der Waals surface area contributed by atoms with Gasteiger partial charge < -0.3 is 10.1 Å². The molecule has 2 aromatic carbocycles. The number of fused-ring (bicyclic) bond motifs is 1. The van der Waals surface area contributed by atoms with Crippen molar-refractivity contribution in [2.75, 3.05) is 0 Å². The van der Waals surface area contributed by atoms with Crippen LogP contribution in [0.1, 0.15) is 40.1 Å². The molecule has 0 saturated carbocycles. The Labute approximate surface area is 151 Å². The first-order valence-electron chi connectivity index (χ1n) is 8.43. The molecule has 2 atom stereocenters. The molecular weight excluding hydrogens is 332 g/mol. The fourth-order valence-corrected chi connectivity index (χ4v) is 2.87. The molecule has 134 valence electrons. The Kier molecular flexibility index (Phi) is 5.02. The van der Waals surface area contributed by atoms with Crippen molar-refractivity contribution in [1.82, 2.24) is 10.2 Å². The van der Waals surface area contributed by atoms with Crippen LogP contribution >= 0.6 is 0 Å². The van der Waals surface area contributed by atoms with Crippen molar-refractivity contribution in [2.24, 2.45) is 0 Å². The van der Waals surface area contributed by atoms with Crippen LogP contribution in [-0.2, 0) is 11.3 Å². The molecule has 6 nitrogen and oxygen atoms in total. The van der Waals surface area contributed by atoms with Crippen molar-refractivity contribution in [1.29, 1.82) is 0 Å². The first-order valence-corrected chi connectivity index (χ1v) is 8.43. The lowest BCUT2D eigenvalue weighted by Crippen LogP contribution is -2.50. The number of benzene rings is 2. The summed E-state index contributed by atoms with van der Waals surface area (Å²) in [6.45, 7) is 3.61. The summed E-state index contributed by atoms with van der Waals surface area (Å²) in [5.74, 6) is -0.686. The zero-order chi connectivity index (χ0) is 18.7. The standard InChI is InChI=1S/C20H20N2O4/c1-13(21-20(25)26-12-15-8-4-3-5-9-15)14(2)22-18(23)16-10-6-7-11-17(16)19(22)24/h3-11,13-14H,12H2,1-2H3,(H,21,25)/t13-,14?/m1/s1. The normalized spacial score (nSPS) is 15.4. The van der Waals surface area contributed by atoms with Crippen LogP contribution in [0.25, 0.3) is 0 Å². The molecule has 0 bridgehead atoms. The molecule has 0 aromatic heterocycles. The number of carbonyl (C=O) groups excluding carboxylic acids is 3. The van der Waals surface area contributed by atoms with Crippen molar-refractivity contribution in [3.8, 4) is 0 Å². The lowest BCUT2D eigenvalue weighted by atomic mass is 10.1. The number of amides is 3. The molecule has 6 heteroatoms. The third-order valence-electron chi connectivity index (χ3n) is 4.51. The van der Waals surface area contributed by atoms with E-state index >= 15 is 0 Å². The van der Waals surface area contributed by atoms with E-state index in [0.29, 0.717) is 11.1 Å². The Hall–Kier alpha value is -3.15. The van der Waals surface area contributed by atoms with Crippen molar-refractivity contribution in [3.63, 3.8) is 0 Å². The molecule has 26 heavy (non-hydrogen) atoms. The van der Waals surface area contributed by atoms with Gasteiger partial charge in [-0.25, -0.2) is 4.79 Å². The summed E-state index contributed by atoms with van der Waals surface area (Å²) in [5, 5.41) is 2.69. The van der Waals surface area contributed by atoms with Gasteiger partial charge in [0.1, 0.15) is 6.61 Å². The number of carbonyl (C=O) groups is 3. The number of nitrogens with one attached hydrogen (secondary N) is 1. The van der Waals surface area contributed by atoms with Crippen LogP contribution < -0.4 is 5.32 Å². The highest BCUT2D eigenvalue weighted by Gasteiger charge is 2.40. The van der Waals surface area contributed by atoms with Gasteiger partial charge in [0.15, 0.2) is 0 Å². The lowest BCUT2D eigenvalue weighted by Gasteiger charge is -2.28. The molecule has 1 N–H and O–H groups in total. The molecule has 0 aliphatic carbocycles. The van der Waals surface area contributed by atoms with E-state index < -0.39 is 18.2 Å². The topological polar surface area (TPSA) is 75.7 Å². The molecule has 1 heterocycles.